The molecule has 3 rings (SSSR count). The number of nitrogens with zero attached hydrogens (tertiary/aromatic N) is 1. The molecule has 1 aliphatic rings. The van der Waals surface area contributed by atoms with Gasteiger partial charge in [0, 0.05) is 25.2 Å². The Labute approximate surface area is 184 Å². The highest BCUT2D eigenvalue weighted by Crippen LogP contribution is 2.32. The zero-order valence-electron chi connectivity index (χ0n) is 18.8. The first kappa shape index (κ1) is 23.1. The Hall–Kier alpha value is -2.57. The summed E-state index contributed by atoms with van der Waals surface area (Å²) in [5.41, 5.74) is 1.02. The number of carbonyl (C=O) groups is 1. The number of carboxylic acid groups (broad SMARTS) is 1. The number of benzene rings is 2. The number of aliphatic hydroxyl groups is 1. The minimum atomic E-state index is -1.02. The van der Waals surface area contributed by atoms with Crippen molar-refractivity contribution in [3.63, 3.8) is 0 Å². The standard InChI is InChI=1S/C25H33NO5/c1-24(2,3)19-10-11-21(30-16-23(27)28)18(14-19)15-26-13-12-22(25(4,29)17-26)31-20-8-6-5-7-9-20/h5-11,14,22,29H,12-13,15-17H2,1-4H3,(H,27,28)/t22-,25-/m0/s1. The Morgan fingerprint density at radius 2 is 1.90 bits per heavy atom. The van der Waals surface area contributed by atoms with Crippen molar-refractivity contribution in [2.75, 3.05) is 19.7 Å². The molecule has 0 aliphatic carbocycles. The summed E-state index contributed by atoms with van der Waals surface area (Å²) in [5, 5.41) is 20.1. The van der Waals surface area contributed by atoms with E-state index >= 15 is 0 Å². The van der Waals surface area contributed by atoms with Gasteiger partial charge in [0.15, 0.2) is 6.61 Å². The first-order chi connectivity index (χ1) is 14.5. The van der Waals surface area contributed by atoms with Crippen LogP contribution < -0.4 is 9.47 Å². The third-order valence-electron chi connectivity index (χ3n) is 5.64. The molecule has 2 aromatic carbocycles. The van der Waals surface area contributed by atoms with Crippen LogP contribution in [-0.2, 0) is 16.8 Å². The molecule has 1 fully saturated rings. The van der Waals surface area contributed by atoms with Gasteiger partial charge in [0.05, 0.1) is 0 Å². The van der Waals surface area contributed by atoms with Gasteiger partial charge in [0.1, 0.15) is 23.2 Å². The predicted octanol–water partition coefficient (Wildman–Crippen LogP) is 3.85. The average molecular weight is 428 g/mol. The van der Waals surface area contributed by atoms with E-state index in [1.54, 1.807) is 6.92 Å². The minimum absolute atomic E-state index is 0.0396. The molecule has 1 heterocycles. The van der Waals surface area contributed by atoms with E-state index < -0.39 is 11.6 Å². The summed E-state index contributed by atoms with van der Waals surface area (Å²) in [7, 11) is 0. The number of ether oxygens (including phenoxy) is 2. The average Bonchev–Trinajstić information content (AvgIpc) is 2.68. The molecule has 2 N–H and O–H groups in total. The van der Waals surface area contributed by atoms with Crippen molar-refractivity contribution in [1.82, 2.24) is 4.90 Å². The second-order valence-electron chi connectivity index (χ2n) is 9.53. The van der Waals surface area contributed by atoms with Gasteiger partial charge in [-0.1, -0.05) is 51.1 Å². The van der Waals surface area contributed by atoms with Crippen LogP contribution in [0.5, 0.6) is 11.5 Å². The van der Waals surface area contributed by atoms with E-state index in [0.717, 1.165) is 23.4 Å². The molecule has 168 valence electrons. The Morgan fingerprint density at radius 3 is 2.52 bits per heavy atom. The molecular formula is C25H33NO5. The summed E-state index contributed by atoms with van der Waals surface area (Å²) in [4.78, 5) is 13.2. The molecular weight excluding hydrogens is 394 g/mol. The summed E-state index contributed by atoms with van der Waals surface area (Å²) in [6.07, 6.45) is 0.390. The summed E-state index contributed by atoms with van der Waals surface area (Å²) in [5.74, 6) is 0.314. The van der Waals surface area contributed by atoms with Crippen LogP contribution in [0.3, 0.4) is 0 Å². The van der Waals surface area contributed by atoms with Crippen molar-refractivity contribution >= 4 is 5.97 Å². The number of piperidine rings is 1. The largest absolute Gasteiger partial charge is 0.487 e. The Bertz CT molecular complexity index is 889. The van der Waals surface area contributed by atoms with Crippen LogP contribution in [0.25, 0.3) is 0 Å². The molecule has 0 amide bonds. The molecule has 2 atom stereocenters. The van der Waals surface area contributed by atoms with Crippen LogP contribution in [0, 0.1) is 0 Å². The Balaban J connectivity index is 1.74. The first-order valence-corrected chi connectivity index (χ1v) is 10.7. The van der Waals surface area contributed by atoms with E-state index in [4.69, 9.17) is 14.6 Å². The SMILES string of the molecule is CC(C)(C)c1ccc(OCC(=O)O)c(CN2CC[C@H](Oc3ccccc3)[C@@](C)(O)C2)c1. The predicted molar refractivity (Wildman–Crippen MR) is 120 cm³/mol. The molecule has 0 spiro atoms. The van der Waals surface area contributed by atoms with Crippen LogP contribution >= 0.6 is 0 Å². The van der Waals surface area contributed by atoms with E-state index in [1.807, 2.05) is 42.5 Å². The zero-order chi connectivity index (χ0) is 22.6. The highest BCUT2D eigenvalue weighted by atomic mass is 16.5. The quantitative estimate of drug-likeness (QED) is 0.699. The van der Waals surface area contributed by atoms with Gasteiger partial charge in [-0.05, 0) is 42.5 Å². The number of hydrogen-bond acceptors (Lipinski definition) is 5. The van der Waals surface area contributed by atoms with Crippen LogP contribution in [0.4, 0.5) is 0 Å². The summed E-state index contributed by atoms with van der Waals surface area (Å²) >= 11 is 0. The van der Waals surface area contributed by atoms with Gasteiger partial charge in [0.2, 0.25) is 0 Å². The minimum Gasteiger partial charge on any atom is -0.487 e. The second kappa shape index (κ2) is 9.28. The van der Waals surface area contributed by atoms with Gasteiger partial charge in [-0.25, -0.2) is 4.79 Å². The van der Waals surface area contributed by atoms with Crippen LogP contribution in [-0.4, -0.2) is 52.5 Å². The van der Waals surface area contributed by atoms with Crippen molar-refractivity contribution in [1.29, 1.82) is 0 Å². The van der Waals surface area contributed by atoms with Gasteiger partial charge in [-0.15, -0.1) is 0 Å². The van der Waals surface area contributed by atoms with E-state index in [0.29, 0.717) is 25.3 Å². The maximum absolute atomic E-state index is 11.1. The number of para-hydroxylation sites is 1. The fourth-order valence-electron chi connectivity index (χ4n) is 3.92. The molecule has 6 nitrogen and oxygen atoms in total. The van der Waals surface area contributed by atoms with Crippen molar-refractivity contribution in [3.05, 3.63) is 59.7 Å². The summed E-state index contributed by atoms with van der Waals surface area (Å²) in [6, 6.07) is 15.5. The number of likely N-dealkylation sites (tertiary alicyclic amines) is 1. The summed E-state index contributed by atoms with van der Waals surface area (Å²) in [6.45, 7) is 9.61. The second-order valence-corrected chi connectivity index (χ2v) is 9.53. The van der Waals surface area contributed by atoms with Crippen LogP contribution in [0.15, 0.2) is 48.5 Å². The first-order valence-electron chi connectivity index (χ1n) is 10.7. The fourth-order valence-corrected chi connectivity index (χ4v) is 3.92. The van der Waals surface area contributed by atoms with Crippen molar-refractivity contribution in [2.45, 2.75) is 57.8 Å². The fraction of sp³-hybridized carbons (Fsp3) is 0.480. The molecule has 0 aromatic heterocycles. The zero-order valence-corrected chi connectivity index (χ0v) is 18.8. The third kappa shape index (κ3) is 6.21. The maximum atomic E-state index is 11.1. The van der Waals surface area contributed by atoms with Gasteiger partial charge in [0.25, 0.3) is 0 Å². The smallest absolute Gasteiger partial charge is 0.341 e. The van der Waals surface area contributed by atoms with Gasteiger partial charge >= 0.3 is 5.97 Å². The Kier molecular flexibility index (Phi) is 6.92. The highest BCUT2D eigenvalue weighted by molar-refractivity contribution is 5.68. The number of hydrogen-bond donors (Lipinski definition) is 2. The van der Waals surface area contributed by atoms with E-state index in [1.165, 1.54) is 0 Å². The molecule has 0 unspecified atom stereocenters. The topological polar surface area (TPSA) is 79.2 Å². The lowest BCUT2D eigenvalue weighted by atomic mass is 9.85. The number of rotatable bonds is 7. The number of β-amino-alcohol motifs (C(OH)–C–C–N with tert-alkyl or cyclic N) is 1. The van der Waals surface area contributed by atoms with E-state index in [2.05, 4.69) is 31.7 Å². The lowest BCUT2D eigenvalue weighted by Gasteiger charge is -2.42. The van der Waals surface area contributed by atoms with E-state index in [9.17, 15) is 9.90 Å². The molecule has 0 radical (unpaired) electrons. The molecule has 1 aliphatic heterocycles. The lowest BCUT2D eigenvalue weighted by Crippen LogP contribution is -2.56. The molecule has 6 heteroatoms. The lowest BCUT2D eigenvalue weighted by molar-refractivity contribution is -0.139. The highest BCUT2D eigenvalue weighted by Gasteiger charge is 2.40. The number of aliphatic carboxylic acids is 1. The summed E-state index contributed by atoms with van der Waals surface area (Å²) < 4.78 is 11.6. The van der Waals surface area contributed by atoms with Crippen molar-refractivity contribution in [2.24, 2.45) is 0 Å². The monoisotopic (exact) mass is 427 g/mol. The molecule has 2 aromatic rings. The number of carboxylic acids is 1. The van der Waals surface area contributed by atoms with E-state index in [-0.39, 0.29) is 18.1 Å². The molecule has 0 saturated carbocycles. The van der Waals surface area contributed by atoms with Crippen LogP contribution in [0.2, 0.25) is 0 Å². The normalized spacial score (nSPS) is 22.2. The maximum Gasteiger partial charge on any atom is 0.341 e. The molecule has 31 heavy (non-hydrogen) atoms. The van der Waals surface area contributed by atoms with Crippen molar-refractivity contribution < 1.29 is 24.5 Å². The third-order valence-corrected chi connectivity index (χ3v) is 5.64. The van der Waals surface area contributed by atoms with Crippen LogP contribution in [0.1, 0.15) is 45.2 Å². The van der Waals surface area contributed by atoms with Gasteiger partial charge in [-0.3, -0.25) is 4.90 Å². The van der Waals surface area contributed by atoms with Gasteiger partial charge in [-0.2, -0.15) is 0 Å². The molecule has 0 bridgehead atoms. The molecule has 1 saturated heterocycles. The van der Waals surface area contributed by atoms with Crippen molar-refractivity contribution in [3.8, 4) is 11.5 Å². The Morgan fingerprint density at radius 1 is 1.19 bits per heavy atom. The van der Waals surface area contributed by atoms with Gasteiger partial charge < -0.3 is 19.7 Å².